The predicted molar refractivity (Wildman–Crippen MR) is 120 cm³/mol. The van der Waals surface area contributed by atoms with E-state index in [9.17, 15) is 4.21 Å². The fraction of sp³-hybridized carbons (Fsp3) is 0.391. The molecule has 1 saturated heterocycles. The monoisotopic (exact) mass is 408 g/mol. The molecule has 6 heteroatoms. The number of aromatic nitrogens is 2. The van der Waals surface area contributed by atoms with Gasteiger partial charge >= 0.3 is 0 Å². The molecule has 0 saturated carbocycles. The van der Waals surface area contributed by atoms with E-state index in [0.717, 1.165) is 35.4 Å². The first-order valence-electron chi connectivity index (χ1n) is 10.2. The van der Waals surface area contributed by atoms with Gasteiger partial charge in [0.1, 0.15) is 11.6 Å². The van der Waals surface area contributed by atoms with Gasteiger partial charge in [-0.1, -0.05) is 35.9 Å². The van der Waals surface area contributed by atoms with Crippen molar-refractivity contribution in [1.29, 1.82) is 4.78 Å². The number of hydrogen-bond donors (Lipinski definition) is 2. The summed E-state index contributed by atoms with van der Waals surface area (Å²) in [4.78, 5) is 9.31. The van der Waals surface area contributed by atoms with Gasteiger partial charge in [-0.25, -0.2) is 14.2 Å². The van der Waals surface area contributed by atoms with Crippen LogP contribution in [0.1, 0.15) is 54.2 Å². The molecule has 0 bridgehead atoms. The molecule has 1 aliphatic rings. The van der Waals surface area contributed by atoms with Crippen LogP contribution in [0.2, 0.25) is 0 Å². The zero-order chi connectivity index (χ0) is 20.6. The molecule has 29 heavy (non-hydrogen) atoms. The zero-order valence-corrected chi connectivity index (χ0v) is 18.1. The summed E-state index contributed by atoms with van der Waals surface area (Å²) >= 11 is 0. The van der Waals surface area contributed by atoms with Crippen LogP contribution < -0.4 is 5.32 Å². The lowest BCUT2D eigenvalue weighted by Gasteiger charge is -2.24. The number of benzene rings is 2. The molecule has 0 spiro atoms. The van der Waals surface area contributed by atoms with Gasteiger partial charge in [-0.2, -0.15) is 0 Å². The highest BCUT2D eigenvalue weighted by molar-refractivity contribution is 7.92. The van der Waals surface area contributed by atoms with Gasteiger partial charge in [-0.05, 0) is 62.8 Å². The SMILES string of the molecule is Cc1cccc([C@@H](C)Nc2nc(C)nc3ccc(C4CCS(=N)(=O)CC4)cc23)c1. The Morgan fingerprint density at radius 2 is 1.86 bits per heavy atom. The fourth-order valence-corrected chi connectivity index (χ4v) is 5.63. The van der Waals surface area contributed by atoms with Gasteiger partial charge in [-0.15, -0.1) is 0 Å². The minimum Gasteiger partial charge on any atom is -0.363 e. The summed E-state index contributed by atoms with van der Waals surface area (Å²) in [6.07, 6.45) is 1.62. The third-order valence-corrected chi connectivity index (χ3v) is 7.58. The van der Waals surface area contributed by atoms with Gasteiger partial charge in [0.05, 0.1) is 5.52 Å². The van der Waals surface area contributed by atoms with Crippen LogP contribution in [0.3, 0.4) is 0 Å². The van der Waals surface area contributed by atoms with Crippen molar-refractivity contribution in [1.82, 2.24) is 9.97 Å². The molecule has 1 aliphatic heterocycles. The molecule has 3 aromatic rings. The van der Waals surface area contributed by atoms with Crippen molar-refractivity contribution >= 4 is 26.4 Å². The molecular formula is C23H28N4OS. The normalized spacial score (nSPS) is 23.1. The van der Waals surface area contributed by atoms with Gasteiger partial charge in [-0.3, -0.25) is 4.78 Å². The molecule has 1 atom stereocenters. The molecule has 1 fully saturated rings. The number of aryl methyl sites for hydroxylation is 2. The Balaban J connectivity index is 1.67. The Morgan fingerprint density at radius 1 is 1.10 bits per heavy atom. The summed E-state index contributed by atoms with van der Waals surface area (Å²) in [6.45, 7) is 6.17. The van der Waals surface area contributed by atoms with Crippen molar-refractivity contribution in [3.63, 3.8) is 0 Å². The van der Waals surface area contributed by atoms with Crippen molar-refractivity contribution in [2.45, 2.75) is 45.6 Å². The first kappa shape index (κ1) is 19.8. The molecular weight excluding hydrogens is 380 g/mol. The van der Waals surface area contributed by atoms with Crippen LogP contribution in [-0.4, -0.2) is 25.7 Å². The minimum atomic E-state index is -2.37. The molecule has 0 amide bonds. The number of fused-ring (bicyclic) bond motifs is 1. The van der Waals surface area contributed by atoms with E-state index in [2.05, 4.69) is 66.6 Å². The topological polar surface area (TPSA) is 78.7 Å². The molecule has 2 heterocycles. The van der Waals surface area contributed by atoms with Crippen molar-refractivity contribution < 1.29 is 4.21 Å². The second kappa shape index (κ2) is 7.75. The van der Waals surface area contributed by atoms with Gasteiger partial charge < -0.3 is 5.32 Å². The van der Waals surface area contributed by atoms with E-state index < -0.39 is 9.73 Å². The average Bonchev–Trinajstić information content (AvgIpc) is 2.67. The number of hydrogen-bond acceptors (Lipinski definition) is 5. The maximum Gasteiger partial charge on any atom is 0.138 e. The lowest BCUT2D eigenvalue weighted by molar-refractivity contribution is 0.598. The summed E-state index contributed by atoms with van der Waals surface area (Å²) in [5.41, 5.74) is 4.62. The molecule has 152 valence electrons. The predicted octanol–water partition coefficient (Wildman–Crippen LogP) is 5.34. The van der Waals surface area contributed by atoms with E-state index in [1.165, 1.54) is 16.7 Å². The molecule has 5 nitrogen and oxygen atoms in total. The summed E-state index contributed by atoms with van der Waals surface area (Å²) < 4.78 is 19.8. The number of anilines is 1. The van der Waals surface area contributed by atoms with Gasteiger partial charge in [0.25, 0.3) is 0 Å². The van der Waals surface area contributed by atoms with Gasteiger partial charge in [0, 0.05) is 32.7 Å². The molecule has 2 aromatic carbocycles. The Kier molecular flexibility index (Phi) is 5.30. The smallest absolute Gasteiger partial charge is 0.138 e. The largest absolute Gasteiger partial charge is 0.363 e. The maximum absolute atomic E-state index is 12.0. The Labute approximate surface area is 173 Å². The molecule has 1 aromatic heterocycles. The third kappa shape index (κ3) is 4.42. The van der Waals surface area contributed by atoms with E-state index in [4.69, 9.17) is 9.76 Å². The number of rotatable bonds is 4. The Bertz CT molecular complexity index is 1140. The summed E-state index contributed by atoms with van der Waals surface area (Å²) in [5.74, 6) is 2.94. The van der Waals surface area contributed by atoms with Crippen LogP contribution in [-0.2, 0) is 9.73 Å². The number of nitrogens with zero attached hydrogens (tertiary/aromatic N) is 2. The Hall–Kier alpha value is -2.47. The average molecular weight is 409 g/mol. The van der Waals surface area contributed by atoms with E-state index in [1.54, 1.807) is 0 Å². The quantitative estimate of drug-likeness (QED) is 0.610. The molecule has 0 radical (unpaired) electrons. The maximum atomic E-state index is 12.0. The van der Waals surface area contributed by atoms with Gasteiger partial charge in [0.15, 0.2) is 0 Å². The van der Waals surface area contributed by atoms with Crippen LogP contribution in [0, 0.1) is 18.6 Å². The van der Waals surface area contributed by atoms with Crippen LogP contribution in [0.4, 0.5) is 5.82 Å². The summed E-state index contributed by atoms with van der Waals surface area (Å²) in [6, 6.07) is 15.0. The van der Waals surface area contributed by atoms with Crippen molar-refractivity contribution in [2.24, 2.45) is 0 Å². The lowest BCUT2D eigenvalue weighted by atomic mass is 9.92. The first-order chi connectivity index (χ1) is 13.8. The highest BCUT2D eigenvalue weighted by Crippen LogP contribution is 2.33. The third-order valence-electron chi connectivity index (χ3n) is 5.79. The Morgan fingerprint density at radius 3 is 2.59 bits per heavy atom. The molecule has 0 unspecified atom stereocenters. The van der Waals surface area contributed by atoms with E-state index in [-0.39, 0.29) is 6.04 Å². The fourth-order valence-electron chi connectivity index (χ4n) is 4.10. The second-order valence-corrected chi connectivity index (χ2v) is 10.6. The highest BCUT2D eigenvalue weighted by atomic mass is 32.2. The summed E-state index contributed by atoms with van der Waals surface area (Å²) in [5, 5.41) is 4.60. The van der Waals surface area contributed by atoms with Crippen LogP contribution in [0.5, 0.6) is 0 Å². The molecule has 4 rings (SSSR count). The molecule has 2 N–H and O–H groups in total. The second-order valence-electron chi connectivity index (χ2n) is 8.17. The standard InChI is InChI=1S/C23H28N4OS/c1-15-5-4-6-19(13-15)16(2)25-23-21-14-20(7-8-22(21)26-17(3)27-23)18-9-11-29(24,28)12-10-18/h4-8,13-14,16,18,24H,9-12H2,1-3H3,(H,25,26,27)/t16-,18?,29?/m1/s1. The van der Waals surface area contributed by atoms with E-state index in [0.29, 0.717) is 17.4 Å². The highest BCUT2D eigenvalue weighted by Gasteiger charge is 2.23. The van der Waals surface area contributed by atoms with Crippen LogP contribution in [0.15, 0.2) is 42.5 Å². The lowest BCUT2D eigenvalue weighted by Crippen LogP contribution is -2.21. The van der Waals surface area contributed by atoms with Gasteiger partial charge in [0.2, 0.25) is 0 Å². The zero-order valence-electron chi connectivity index (χ0n) is 17.2. The van der Waals surface area contributed by atoms with Crippen molar-refractivity contribution in [3.05, 3.63) is 65.0 Å². The first-order valence-corrected chi connectivity index (χ1v) is 12.1. The molecule has 0 aliphatic carbocycles. The van der Waals surface area contributed by atoms with E-state index >= 15 is 0 Å². The van der Waals surface area contributed by atoms with Crippen LogP contribution >= 0.6 is 0 Å². The van der Waals surface area contributed by atoms with Crippen LogP contribution in [0.25, 0.3) is 10.9 Å². The van der Waals surface area contributed by atoms with Crippen molar-refractivity contribution in [3.8, 4) is 0 Å². The minimum absolute atomic E-state index is 0.124. The number of nitrogens with one attached hydrogen (secondary N) is 2. The summed E-state index contributed by atoms with van der Waals surface area (Å²) in [7, 11) is -2.37. The van der Waals surface area contributed by atoms with Crippen molar-refractivity contribution in [2.75, 3.05) is 16.8 Å². The van der Waals surface area contributed by atoms with E-state index in [1.807, 2.05) is 6.92 Å².